The second kappa shape index (κ2) is 6.00. The fourth-order valence-corrected chi connectivity index (χ4v) is 2.75. The van der Waals surface area contributed by atoms with Gasteiger partial charge in [-0.3, -0.25) is 0 Å². The molecule has 0 aromatic heterocycles. The first-order valence-corrected chi connectivity index (χ1v) is 6.78. The van der Waals surface area contributed by atoms with Gasteiger partial charge in [0.1, 0.15) is 5.82 Å². The van der Waals surface area contributed by atoms with Crippen molar-refractivity contribution >= 4 is 11.6 Å². The Morgan fingerprint density at radius 2 is 2.33 bits per heavy atom. The highest BCUT2D eigenvalue weighted by molar-refractivity contribution is 6.31. The van der Waals surface area contributed by atoms with E-state index < -0.39 is 0 Å². The van der Waals surface area contributed by atoms with E-state index in [4.69, 9.17) is 16.3 Å². The van der Waals surface area contributed by atoms with Gasteiger partial charge in [-0.15, -0.1) is 0 Å². The van der Waals surface area contributed by atoms with E-state index in [1.165, 1.54) is 6.07 Å². The number of rotatable bonds is 4. The second-order valence-electron chi connectivity index (χ2n) is 4.78. The standard InChI is InChI=1S/C14H19ClFNO/c1-3-17-14(10-4-5-18-8-10)11-6-9(2)13(16)7-12(11)15/h6-7,10,14,17H,3-5,8H2,1-2H3. The predicted octanol–water partition coefficient (Wildman–Crippen LogP) is 3.47. The highest BCUT2D eigenvalue weighted by atomic mass is 35.5. The van der Waals surface area contributed by atoms with Crippen LogP contribution >= 0.6 is 11.6 Å². The van der Waals surface area contributed by atoms with E-state index in [1.807, 2.05) is 6.07 Å². The lowest BCUT2D eigenvalue weighted by Gasteiger charge is -2.25. The molecule has 0 saturated carbocycles. The molecule has 2 atom stereocenters. The topological polar surface area (TPSA) is 21.3 Å². The number of halogens is 2. The molecule has 1 N–H and O–H groups in total. The molecule has 100 valence electrons. The van der Waals surface area contributed by atoms with Crippen molar-refractivity contribution in [3.8, 4) is 0 Å². The SMILES string of the molecule is CCNC(c1cc(C)c(F)cc1Cl)C1CCOC1. The summed E-state index contributed by atoms with van der Waals surface area (Å²) in [5.41, 5.74) is 1.61. The Bertz CT molecular complexity index is 419. The van der Waals surface area contributed by atoms with E-state index >= 15 is 0 Å². The lowest BCUT2D eigenvalue weighted by Crippen LogP contribution is -2.29. The maximum Gasteiger partial charge on any atom is 0.127 e. The summed E-state index contributed by atoms with van der Waals surface area (Å²) < 4.78 is 18.9. The van der Waals surface area contributed by atoms with Crippen molar-refractivity contribution in [3.05, 3.63) is 34.1 Å². The van der Waals surface area contributed by atoms with Crippen molar-refractivity contribution in [1.29, 1.82) is 0 Å². The van der Waals surface area contributed by atoms with Crippen LogP contribution in [0.2, 0.25) is 5.02 Å². The molecule has 0 bridgehead atoms. The Balaban J connectivity index is 2.32. The quantitative estimate of drug-likeness (QED) is 0.905. The normalized spacial score (nSPS) is 21.2. The molecular weight excluding hydrogens is 253 g/mol. The molecule has 0 radical (unpaired) electrons. The number of nitrogens with one attached hydrogen (secondary N) is 1. The zero-order valence-electron chi connectivity index (χ0n) is 10.8. The monoisotopic (exact) mass is 271 g/mol. The number of benzene rings is 1. The van der Waals surface area contributed by atoms with Crippen LogP contribution in [0.25, 0.3) is 0 Å². The summed E-state index contributed by atoms with van der Waals surface area (Å²) in [6.45, 7) is 6.22. The zero-order chi connectivity index (χ0) is 13.1. The third kappa shape index (κ3) is 2.85. The van der Waals surface area contributed by atoms with Gasteiger partial charge >= 0.3 is 0 Å². The Hall–Kier alpha value is -0.640. The smallest absolute Gasteiger partial charge is 0.127 e. The number of aryl methyl sites for hydroxylation is 1. The first-order chi connectivity index (χ1) is 8.63. The van der Waals surface area contributed by atoms with Crippen LogP contribution in [0.4, 0.5) is 4.39 Å². The van der Waals surface area contributed by atoms with Crippen LogP contribution in [0.15, 0.2) is 12.1 Å². The Morgan fingerprint density at radius 1 is 1.56 bits per heavy atom. The molecule has 0 amide bonds. The summed E-state index contributed by atoms with van der Waals surface area (Å²) >= 11 is 6.19. The van der Waals surface area contributed by atoms with E-state index in [9.17, 15) is 4.39 Å². The van der Waals surface area contributed by atoms with E-state index in [0.29, 0.717) is 16.5 Å². The van der Waals surface area contributed by atoms with Gasteiger partial charge in [0.2, 0.25) is 0 Å². The minimum atomic E-state index is -0.248. The maximum atomic E-state index is 13.5. The van der Waals surface area contributed by atoms with E-state index in [0.717, 1.165) is 31.7 Å². The van der Waals surface area contributed by atoms with Gasteiger partial charge in [0.25, 0.3) is 0 Å². The molecule has 1 aromatic rings. The number of hydrogen-bond acceptors (Lipinski definition) is 2. The first-order valence-electron chi connectivity index (χ1n) is 6.40. The van der Waals surface area contributed by atoms with Gasteiger partial charge in [0, 0.05) is 23.6 Å². The molecule has 2 nitrogen and oxygen atoms in total. The average Bonchev–Trinajstić information content (AvgIpc) is 2.85. The lowest BCUT2D eigenvalue weighted by molar-refractivity contribution is 0.177. The zero-order valence-corrected chi connectivity index (χ0v) is 11.6. The third-order valence-corrected chi connectivity index (χ3v) is 3.80. The predicted molar refractivity (Wildman–Crippen MR) is 71.5 cm³/mol. The molecule has 0 aliphatic carbocycles. The molecule has 1 aromatic carbocycles. The van der Waals surface area contributed by atoms with Crippen LogP contribution in [0, 0.1) is 18.7 Å². The molecule has 1 heterocycles. The van der Waals surface area contributed by atoms with Crippen LogP contribution in [0.1, 0.15) is 30.5 Å². The molecule has 1 aliphatic heterocycles. The largest absolute Gasteiger partial charge is 0.381 e. The van der Waals surface area contributed by atoms with Crippen molar-refractivity contribution in [1.82, 2.24) is 5.32 Å². The Kier molecular flexibility index (Phi) is 4.60. The van der Waals surface area contributed by atoms with E-state index in [2.05, 4.69) is 12.2 Å². The Morgan fingerprint density at radius 3 is 2.94 bits per heavy atom. The highest BCUT2D eigenvalue weighted by Crippen LogP contribution is 2.34. The molecule has 18 heavy (non-hydrogen) atoms. The minimum Gasteiger partial charge on any atom is -0.381 e. The van der Waals surface area contributed by atoms with Crippen LogP contribution in [0.5, 0.6) is 0 Å². The van der Waals surface area contributed by atoms with Crippen molar-refractivity contribution in [3.63, 3.8) is 0 Å². The van der Waals surface area contributed by atoms with Gasteiger partial charge in [0.05, 0.1) is 6.61 Å². The average molecular weight is 272 g/mol. The molecule has 1 saturated heterocycles. The fourth-order valence-electron chi connectivity index (χ4n) is 2.48. The van der Waals surface area contributed by atoms with Crippen molar-refractivity contribution < 1.29 is 9.13 Å². The Labute approximate surface area is 112 Å². The fraction of sp³-hybridized carbons (Fsp3) is 0.571. The highest BCUT2D eigenvalue weighted by Gasteiger charge is 2.28. The number of ether oxygens (including phenoxy) is 1. The van der Waals surface area contributed by atoms with Crippen molar-refractivity contribution in [2.75, 3.05) is 19.8 Å². The second-order valence-corrected chi connectivity index (χ2v) is 5.19. The summed E-state index contributed by atoms with van der Waals surface area (Å²) in [6.07, 6.45) is 1.02. The molecule has 4 heteroatoms. The molecule has 1 fully saturated rings. The van der Waals surface area contributed by atoms with Crippen molar-refractivity contribution in [2.24, 2.45) is 5.92 Å². The van der Waals surface area contributed by atoms with E-state index in [1.54, 1.807) is 6.92 Å². The molecule has 1 aliphatic rings. The summed E-state index contributed by atoms with van der Waals surface area (Å²) in [5, 5.41) is 3.94. The summed E-state index contributed by atoms with van der Waals surface area (Å²) in [6, 6.07) is 3.40. The molecule has 0 spiro atoms. The van der Waals surface area contributed by atoms with Gasteiger partial charge in [-0.1, -0.05) is 24.6 Å². The van der Waals surface area contributed by atoms with Gasteiger partial charge in [-0.25, -0.2) is 4.39 Å². The minimum absolute atomic E-state index is 0.143. The first kappa shape index (κ1) is 13.8. The maximum absolute atomic E-state index is 13.5. The van der Waals surface area contributed by atoms with Gasteiger partial charge in [-0.2, -0.15) is 0 Å². The van der Waals surface area contributed by atoms with Crippen LogP contribution in [-0.2, 0) is 4.74 Å². The number of hydrogen-bond donors (Lipinski definition) is 1. The molecule has 2 unspecified atom stereocenters. The molecular formula is C14H19ClFNO. The van der Waals surface area contributed by atoms with Gasteiger partial charge in [0.15, 0.2) is 0 Å². The van der Waals surface area contributed by atoms with E-state index in [-0.39, 0.29) is 11.9 Å². The lowest BCUT2D eigenvalue weighted by atomic mass is 9.91. The third-order valence-electron chi connectivity index (χ3n) is 3.47. The van der Waals surface area contributed by atoms with Crippen LogP contribution in [-0.4, -0.2) is 19.8 Å². The summed E-state index contributed by atoms with van der Waals surface area (Å²) in [4.78, 5) is 0. The molecule has 2 rings (SSSR count). The van der Waals surface area contributed by atoms with Gasteiger partial charge in [-0.05, 0) is 37.1 Å². The van der Waals surface area contributed by atoms with Crippen LogP contribution < -0.4 is 5.32 Å². The van der Waals surface area contributed by atoms with Gasteiger partial charge < -0.3 is 10.1 Å². The summed E-state index contributed by atoms with van der Waals surface area (Å²) in [5.74, 6) is 0.161. The van der Waals surface area contributed by atoms with Crippen LogP contribution in [0.3, 0.4) is 0 Å². The van der Waals surface area contributed by atoms with Crippen molar-refractivity contribution in [2.45, 2.75) is 26.3 Å². The summed E-state index contributed by atoms with van der Waals surface area (Å²) in [7, 11) is 0.